The molecule has 108 valence electrons. The zero-order chi connectivity index (χ0) is 14.2. The standard InChI is InChI=1S/C17H24N2O/c1-3-5-9-17(8-4-2)11-19-15-13-10-18-16(20)12(13)6-7-14(15)17/h6-7,19H,3-5,8-11H2,1-2H3,(H,18,20). The summed E-state index contributed by atoms with van der Waals surface area (Å²) in [6.07, 6.45) is 6.20. The van der Waals surface area contributed by atoms with Gasteiger partial charge in [0.15, 0.2) is 0 Å². The lowest BCUT2D eigenvalue weighted by Gasteiger charge is -2.29. The van der Waals surface area contributed by atoms with Gasteiger partial charge >= 0.3 is 0 Å². The first-order valence-electron chi connectivity index (χ1n) is 7.90. The third kappa shape index (κ3) is 1.91. The van der Waals surface area contributed by atoms with E-state index in [0.29, 0.717) is 6.54 Å². The minimum Gasteiger partial charge on any atom is -0.384 e. The third-order valence-corrected chi connectivity index (χ3v) is 4.90. The van der Waals surface area contributed by atoms with E-state index in [4.69, 9.17) is 0 Å². The van der Waals surface area contributed by atoms with Gasteiger partial charge < -0.3 is 10.6 Å². The SMILES string of the molecule is CCCCC1(CCC)CNc2c1ccc1c2CNC1=O. The second kappa shape index (κ2) is 5.12. The number of carbonyl (C=O) groups is 1. The second-order valence-corrected chi connectivity index (χ2v) is 6.18. The molecule has 1 amide bonds. The van der Waals surface area contributed by atoms with Crippen LogP contribution in [0.5, 0.6) is 0 Å². The fourth-order valence-corrected chi connectivity index (χ4v) is 3.87. The first-order chi connectivity index (χ1) is 9.72. The van der Waals surface area contributed by atoms with Crippen LogP contribution < -0.4 is 10.6 Å². The summed E-state index contributed by atoms with van der Waals surface area (Å²) in [6.45, 7) is 6.24. The summed E-state index contributed by atoms with van der Waals surface area (Å²) < 4.78 is 0. The Morgan fingerprint density at radius 1 is 1.15 bits per heavy atom. The maximum Gasteiger partial charge on any atom is 0.251 e. The Morgan fingerprint density at radius 3 is 2.75 bits per heavy atom. The Balaban J connectivity index is 2.02. The van der Waals surface area contributed by atoms with Crippen molar-refractivity contribution in [2.75, 3.05) is 11.9 Å². The summed E-state index contributed by atoms with van der Waals surface area (Å²) >= 11 is 0. The van der Waals surface area contributed by atoms with Crippen LogP contribution in [0.15, 0.2) is 12.1 Å². The summed E-state index contributed by atoms with van der Waals surface area (Å²) in [5.41, 5.74) is 5.01. The zero-order valence-electron chi connectivity index (χ0n) is 12.5. The number of nitrogens with one attached hydrogen (secondary N) is 2. The first-order valence-corrected chi connectivity index (χ1v) is 7.90. The Labute approximate surface area is 121 Å². The second-order valence-electron chi connectivity index (χ2n) is 6.18. The van der Waals surface area contributed by atoms with Crippen LogP contribution in [0, 0.1) is 0 Å². The molecule has 0 saturated heterocycles. The monoisotopic (exact) mass is 272 g/mol. The molecular weight excluding hydrogens is 248 g/mol. The number of hydrogen-bond acceptors (Lipinski definition) is 2. The molecule has 0 saturated carbocycles. The van der Waals surface area contributed by atoms with Gasteiger partial charge in [-0.15, -0.1) is 0 Å². The van der Waals surface area contributed by atoms with E-state index in [0.717, 1.165) is 12.1 Å². The molecule has 2 aliphatic heterocycles. The highest BCUT2D eigenvalue weighted by molar-refractivity contribution is 6.00. The van der Waals surface area contributed by atoms with Crippen LogP contribution >= 0.6 is 0 Å². The molecule has 20 heavy (non-hydrogen) atoms. The number of unbranched alkanes of at least 4 members (excludes halogenated alkanes) is 1. The van der Waals surface area contributed by atoms with E-state index in [9.17, 15) is 4.79 Å². The molecule has 2 aliphatic rings. The van der Waals surface area contributed by atoms with Gasteiger partial charge in [-0.2, -0.15) is 0 Å². The lowest BCUT2D eigenvalue weighted by atomic mass is 9.74. The van der Waals surface area contributed by atoms with E-state index in [1.165, 1.54) is 48.9 Å². The van der Waals surface area contributed by atoms with E-state index >= 15 is 0 Å². The van der Waals surface area contributed by atoms with E-state index in [1.807, 2.05) is 6.07 Å². The molecule has 0 aromatic heterocycles. The summed E-state index contributed by atoms with van der Waals surface area (Å²) in [7, 11) is 0. The van der Waals surface area contributed by atoms with E-state index in [1.54, 1.807) is 0 Å². The van der Waals surface area contributed by atoms with Crippen LogP contribution in [-0.4, -0.2) is 12.5 Å². The molecule has 3 heteroatoms. The van der Waals surface area contributed by atoms with Crippen molar-refractivity contribution in [1.29, 1.82) is 0 Å². The number of amides is 1. The Morgan fingerprint density at radius 2 is 2.00 bits per heavy atom. The Bertz CT molecular complexity index is 538. The predicted molar refractivity (Wildman–Crippen MR) is 82.2 cm³/mol. The molecule has 1 aromatic carbocycles. The molecule has 2 heterocycles. The minimum absolute atomic E-state index is 0.0751. The lowest BCUT2D eigenvalue weighted by Crippen LogP contribution is -2.28. The van der Waals surface area contributed by atoms with Gasteiger partial charge in [-0.25, -0.2) is 0 Å². The fraction of sp³-hybridized carbons (Fsp3) is 0.588. The molecule has 0 radical (unpaired) electrons. The van der Waals surface area contributed by atoms with Crippen LogP contribution in [-0.2, 0) is 12.0 Å². The van der Waals surface area contributed by atoms with Crippen LogP contribution in [0.25, 0.3) is 0 Å². The molecule has 0 spiro atoms. The molecule has 0 aliphatic carbocycles. The van der Waals surface area contributed by atoms with E-state index in [2.05, 4.69) is 30.5 Å². The van der Waals surface area contributed by atoms with Crippen molar-refractivity contribution < 1.29 is 4.79 Å². The molecule has 2 N–H and O–H groups in total. The number of carbonyl (C=O) groups excluding carboxylic acids is 1. The molecule has 1 aromatic rings. The fourth-order valence-electron chi connectivity index (χ4n) is 3.87. The normalized spacial score (nSPS) is 23.2. The van der Waals surface area contributed by atoms with Gasteiger partial charge in [-0.3, -0.25) is 4.79 Å². The van der Waals surface area contributed by atoms with E-state index < -0.39 is 0 Å². The summed E-state index contributed by atoms with van der Waals surface area (Å²) in [4.78, 5) is 11.8. The van der Waals surface area contributed by atoms with Gasteiger partial charge in [-0.05, 0) is 24.5 Å². The molecule has 0 fully saturated rings. The molecule has 0 bridgehead atoms. The third-order valence-electron chi connectivity index (χ3n) is 4.90. The number of fused-ring (bicyclic) bond motifs is 3. The average Bonchev–Trinajstić information content (AvgIpc) is 3.00. The van der Waals surface area contributed by atoms with Crippen LogP contribution in [0.2, 0.25) is 0 Å². The van der Waals surface area contributed by atoms with Crippen LogP contribution in [0.1, 0.15) is 67.4 Å². The average molecular weight is 272 g/mol. The number of rotatable bonds is 5. The number of anilines is 1. The number of benzene rings is 1. The first kappa shape index (κ1) is 13.5. The van der Waals surface area contributed by atoms with Gasteiger partial charge in [0.25, 0.3) is 5.91 Å². The van der Waals surface area contributed by atoms with Crippen molar-refractivity contribution in [2.45, 2.75) is 57.9 Å². The number of hydrogen-bond donors (Lipinski definition) is 2. The van der Waals surface area contributed by atoms with Gasteiger partial charge in [0, 0.05) is 35.3 Å². The highest BCUT2D eigenvalue weighted by Crippen LogP contribution is 2.46. The quantitative estimate of drug-likeness (QED) is 0.860. The highest BCUT2D eigenvalue weighted by atomic mass is 16.1. The highest BCUT2D eigenvalue weighted by Gasteiger charge is 2.40. The van der Waals surface area contributed by atoms with Crippen molar-refractivity contribution in [1.82, 2.24) is 5.32 Å². The van der Waals surface area contributed by atoms with Crippen molar-refractivity contribution in [3.05, 3.63) is 28.8 Å². The lowest BCUT2D eigenvalue weighted by molar-refractivity contribution is 0.0965. The summed E-state index contributed by atoms with van der Waals surface area (Å²) in [6, 6.07) is 4.23. The Kier molecular flexibility index (Phi) is 3.45. The topological polar surface area (TPSA) is 41.1 Å². The minimum atomic E-state index is 0.0751. The van der Waals surface area contributed by atoms with Crippen LogP contribution in [0.3, 0.4) is 0 Å². The molecule has 1 unspecified atom stereocenters. The van der Waals surface area contributed by atoms with Crippen LogP contribution in [0.4, 0.5) is 5.69 Å². The maximum absolute atomic E-state index is 11.8. The van der Waals surface area contributed by atoms with Crippen molar-refractivity contribution in [3.8, 4) is 0 Å². The Hall–Kier alpha value is -1.51. The van der Waals surface area contributed by atoms with Gasteiger partial charge in [0.2, 0.25) is 0 Å². The van der Waals surface area contributed by atoms with Crippen molar-refractivity contribution in [2.24, 2.45) is 0 Å². The molecular formula is C17H24N2O. The maximum atomic E-state index is 11.8. The molecule has 3 rings (SSSR count). The van der Waals surface area contributed by atoms with Crippen molar-refractivity contribution in [3.63, 3.8) is 0 Å². The van der Waals surface area contributed by atoms with Crippen molar-refractivity contribution >= 4 is 11.6 Å². The largest absolute Gasteiger partial charge is 0.384 e. The van der Waals surface area contributed by atoms with Gasteiger partial charge in [-0.1, -0.05) is 39.2 Å². The molecule has 1 atom stereocenters. The van der Waals surface area contributed by atoms with E-state index in [-0.39, 0.29) is 11.3 Å². The predicted octanol–water partition coefficient (Wildman–Crippen LogP) is 3.58. The van der Waals surface area contributed by atoms with Gasteiger partial charge in [0.1, 0.15) is 0 Å². The smallest absolute Gasteiger partial charge is 0.251 e. The summed E-state index contributed by atoms with van der Waals surface area (Å²) in [5, 5.41) is 6.55. The van der Waals surface area contributed by atoms with Gasteiger partial charge in [0.05, 0.1) is 0 Å². The zero-order valence-corrected chi connectivity index (χ0v) is 12.5. The summed E-state index contributed by atoms with van der Waals surface area (Å²) in [5.74, 6) is 0.0751. The molecule has 3 nitrogen and oxygen atoms in total.